The van der Waals surface area contributed by atoms with Crippen LogP contribution in [0.2, 0.25) is 0 Å². The molecule has 0 saturated carbocycles. The van der Waals surface area contributed by atoms with Crippen molar-refractivity contribution in [1.82, 2.24) is 0 Å². The summed E-state index contributed by atoms with van der Waals surface area (Å²) in [5, 5.41) is 0. The lowest BCUT2D eigenvalue weighted by Crippen LogP contribution is -2.09. The van der Waals surface area contributed by atoms with Crippen molar-refractivity contribution >= 4 is 19.7 Å². The van der Waals surface area contributed by atoms with Crippen LogP contribution >= 0.6 is 0 Å². The van der Waals surface area contributed by atoms with Gasteiger partial charge in [-0.05, 0) is 12.8 Å². The van der Waals surface area contributed by atoms with Gasteiger partial charge in [-0.25, -0.2) is 16.8 Å². The maximum atomic E-state index is 11.2. The van der Waals surface area contributed by atoms with Crippen molar-refractivity contribution in [3.05, 3.63) is 0 Å². The summed E-state index contributed by atoms with van der Waals surface area (Å²) in [6.45, 7) is 3.32. The minimum absolute atomic E-state index is 0.210. The first-order valence-corrected chi connectivity index (χ1v) is 9.88. The fraction of sp³-hybridized carbons (Fsp3) is 1.00. The molecular weight excluding hydrogens is 260 g/mol. The van der Waals surface area contributed by atoms with E-state index in [9.17, 15) is 16.8 Å². The van der Waals surface area contributed by atoms with E-state index in [0.29, 0.717) is 12.8 Å². The Kier molecular flexibility index (Phi) is 8.03. The quantitative estimate of drug-likeness (QED) is 0.574. The summed E-state index contributed by atoms with van der Waals surface area (Å²) in [5.41, 5.74) is 0. The molecule has 0 aromatic heterocycles. The molecule has 0 aromatic rings. The molecule has 0 radical (unpaired) electrons. The Morgan fingerprint density at radius 1 is 0.588 bits per heavy atom. The van der Waals surface area contributed by atoms with E-state index in [-0.39, 0.29) is 23.0 Å². The highest BCUT2D eigenvalue weighted by Gasteiger charge is 2.07. The van der Waals surface area contributed by atoms with E-state index in [0.717, 1.165) is 19.3 Å². The lowest BCUT2D eigenvalue weighted by Gasteiger charge is -2.03. The van der Waals surface area contributed by atoms with E-state index < -0.39 is 19.7 Å². The normalized spacial score (nSPS) is 12.8. The Bertz CT molecular complexity index is 344. The summed E-state index contributed by atoms with van der Waals surface area (Å²) < 4.78 is 44.7. The summed E-state index contributed by atoms with van der Waals surface area (Å²) in [6.07, 6.45) is 4.03. The molecule has 0 bridgehead atoms. The summed E-state index contributed by atoms with van der Waals surface area (Å²) in [5.74, 6) is 0.941. The zero-order valence-corrected chi connectivity index (χ0v) is 12.4. The van der Waals surface area contributed by atoms with E-state index >= 15 is 0 Å². The molecule has 0 aliphatic heterocycles. The summed E-state index contributed by atoms with van der Waals surface area (Å²) in [6, 6.07) is 0. The molecule has 0 N–H and O–H groups in total. The molecule has 0 atom stereocenters. The maximum Gasteiger partial charge on any atom is 0.150 e. The van der Waals surface area contributed by atoms with Crippen LogP contribution in [0.5, 0.6) is 0 Å². The highest BCUT2D eigenvalue weighted by atomic mass is 32.2. The van der Waals surface area contributed by atoms with Crippen LogP contribution in [0.15, 0.2) is 0 Å². The molecule has 0 rings (SSSR count). The van der Waals surface area contributed by atoms with Crippen LogP contribution in [0, 0.1) is 0 Å². The first kappa shape index (κ1) is 16.9. The van der Waals surface area contributed by atoms with Crippen LogP contribution in [-0.4, -0.2) is 39.8 Å². The molecule has 17 heavy (non-hydrogen) atoms. The molecule has 4 nitrogen and oxygen atoms in total. The molecule has 0 aromatic carbocycles. The SMILES string of the molecule is CCS(=O)(=O)CCCCCCCS(=O)(=O)CC. The van der Waals surface area contributed by atoms with Gasteiger partial charge in [-0.3, -0.25) is 0 Å². The smallest absolute Gasteiger partial charge is 0.150 e. The van der Waals surface area contributed by atoms with Crippen molar-refractivity contribution in [2.24, 2.45) is 0 Å². The van der Waals surface area contributed by atoms with Crippen LogP contribution < -0.4 is 0 Å². The van der Waals surface area contributed by atoms with Gasteiger partial charge in [0.1, 0.15) is 19.7 Å². The molecule has 0 spiro atoms. The van der Waals surface area contributed by atoms with E-state index in [1.54, 1.807) is 13.8 Å². The molecule has 104 valence electrons. The number of unbranched alkanes of at least 4 members (excludes halogenated alkanes) is 4. The van der Waals surface area contributed by atoms with Crippen molar-refractivity contribution in [1.29, 1.82) is 0 Å². The number of hydrogen-bond acceptors (Lipinski definition) is 4. The number of sulfone groups is 2. The first-order chi connectivity index (χ1) is 7.83. The zero-order chi connectivity index (χ0) is 13.4. The predicted octanol–water partition coefficient (Wildman–Crippen LogP) is 1.81. The van der Waals surface area contributed by atoms with Gasteiger partial charge in [0.15, 0.2) is 0 Å². The van der Waals surface area contributed by atoms with E-state index in [2.05, 4.69) is 0 Å². The highest BCUT2D eigenvalue weighted by molar-refractivity contribution is 7.91. The summed E-state index contributed by atoms with van der Waals surface area (Å²) in [4.78, 5) is 0. The molecular formula is C11H24O4S2. The van der Waals surface area contributed by atoms with Gasteiger partial charge in [0.25, 0.3) is 0 Å². The van der Waals surface area contributed by atoms with Crippen molar-refractivity contribution < 1.29 is 16.8 Å². The third-order valence-corrected chi connectivity index (χ3v) is 6.37. The highest BCUT2D eigenvalue weighted by Crippen LogP contribution is 2.07. The van der Waals surface area contributed by atoms with Crippen LogP contribution in [0.1, 0.15) is 46.0 Å². The average molecular weight is 284 g/mol. The van der Waals surface area contributed by atoms with E-state index in [1.165, 1.54) is 0 Å². The lowest BCUT2D eigenvalue weighted by molar-refractivity contribution is 0.583. The fourth-order valence-corrected chi connectivity index (χ4v) is 3.33. The van der Waals surface area contributed by atoms with Gasteiger partial charge in [-0.1, -0.05) is 33.1 Å². The van der Waals surface area contributed by atoms with Crippen LogP contribution in [0.25, 0.3) is 0 Å². The van der Waals surface area contributed by atoms with Crippen molar-refractivity contribution in [3.63, 3.8) is 0 Å². The maximum absolute atomic E-state index is 11.2. The third kappa shape index (κ3) is 9.59. The van der Waals surface area contributed by atoms with Gasteiger partial charge in [0.05, 0.1) is 11.5 Å². The van der Waals surface area contributed by atoms with Crippen molar-refractivity contribution in [3.8, 4) is 0 Å². The van der Waals surface area contributed by atoms with Crippen LogP contribution in [-0.2, 0) is 19.7 Å². The van der Waals surface area contributed by atoms with Gasteiger partial charge < -0.3 is 0 Å². The van der Waals surface area contributed by atoms with E-state index in [4.69, 9.17) is 0 Å². The average Bonchev–Trinajstić information content (AvgIpc) is 2.27. The fourth-order valence-electron chi connectivity index (χ4n) is 1.46. The second kappa shape index (κ2) is 8.08. The Labute approximate surface area is 106 Å². The van der Waals surface area contributed by atoms with Crippen molar-refractivity contribution in [2.45, 2.75) is 46.0 Å². The van der Waals surface area contributed by atoms with E-state index in [1.807, 2.05) is 0 Å². The van der Waals surface area contributed by atoms with Gasteiger partial charge in [-0.2, -0.15) is 0 Å². The number of rotatable bonds is 10. The summed E-state index contributed by atoms with van der Waals surface area (Å²) >= 11 is 0. The lowest BCUT2D eigenvalue weighted by atomic mass is 10.2. The largest absolute Gasteiger partial charge is 0.229 e. The monoisotopic (exact) mass is 284 g/mol. The Balaban J connectivity index is 3.49. The molecule has 0 aliphatic rings. The minimum atomic E-state index is -2.84. The van der Waals surface area contributed by atoms with Crippen LogP contribution in [0.3, 0.4) is 0 Å². The molecule has 0 fully saturated rings. The topological polar surface area (TPSA) is 68.3 Å². The van der Waals surface area contributed by atoms with Crippen molar-refractivity contribution in [2.75, 3.05) is 23.0 Å². The molecule has 0 aliphatic carbocycles. The Morgan fingerprint density at radius 3 is 1.18 bits per heavy atom. The van der Waals surface area contributed by atoms with Gasteiger partial charge in [0.2, 0.25) is 0 Å². The van der Waals surface area contributed by atoms with Gasteiger partial charge in [0, 0.05) is 11.5 Å². The molecule has 0 unspecified atom stereocenters. The molecule has 0 amide bonds. The first-order valence-electron chi connectivity index (χ1n) is 6.24. The van der Waals surface area contributed by atoms with Crippen LogP contribution in [0.4, 0.5) is 0 Å². The third-order valence-electron chi connectivity index (χ3n) is 2.79. The van der Waals surface area contributed by atoms with Gasteiger partial charge >= 0.3 is 0 Å². The Hall–Kier alpha value is -0.100. The van der Waals surface area contributed by atoms with Gasteiger partial charge in [-0.15, -0.1) is 0 Å². The standard InChI is InChI=1S/C11H24O4S2/c1-3-16(12,13)10-8-6-5-7-9-11-17(14,15)4-2/h3-11H2,1-2H3. The molecule has 0 heterocycles. The Morgan fingerprint density at radius 2 is 0.882 bits per heavy atom. The second-order valence-electron chi connectivity index (χ2n) is 4.24. The molecule has 6 heteroatoms. The minimum Gasteiger partial charge on any atom is -0.229 e. The molecule has 0 saturated heterocycles. The zero-order valence-electron chi connectivity index (χ0n) is 10.8. The number of hydrogen-bond donors (Lipinski definition) is 0. The second-order valence-corrected chi connectivity index (χ2v) is 9.19. The summed E-state index contributed by atoms with van der Waals surface area (Å²) in [7, 11) is -5.67. The predicted molar refractivity (Wildman–Crippen MR) is 71.7 cm³/mol.